The molecule has 0 N–H and O–H groups in total. The number of pyridine rings is 1. The Hall–Kier alpha value is -3.18. The van der Waals surface area contributed by atoms with Gasteiger partial charge >= 0.3 is 0 Å². The molecule has 5 nitrogen and oxygen atoms in total. The van der Waals surface area contributed by atoms with Crippen molar-refractivity contribution in [3.05, 3.63) is 87.8 Å². The number of aryl methyl sites for hydroxylation is 2. The summed E-state index contributed by atoms with van der Waals surface area (Å²) in [6.07, 6.45) is 0. The second-order valence-electron chi connectivity index (χ2n) is 7.55. The predicted molar refractivity (Wildman–Crippen MR) is 120 cm³/mol. The minimum Gasteiger partial charge on any atom is -0.337 e. The molecule has 0 saturated carbocycles. The van der Waals surface area contributed by atoms with Crippen LogP contribution in [0.3, 0.4) is 0 Å². The highest BCUT2D eigenvalue weighted by molar-refractivity contribution is 6.29. The summed E-state index contributed by atoms with van der Waals surface area (Å²) in [6.45, 7) is 6.59. The summed E-state index contributed by atoms with van der Waals surface area (Å²) in [5.41, 5.74) is 6.63. The molecule has 0 aliphatic heterocycles. The summed E-state index contributed by atoms with van der Waals surface area (Å²) in [5.74, 6) is -0.0470. The Labute approximate surface area is 180 Å². The van der Waals surface area contributed by atoms with Crippen molar-refractivity contribution in [2.45, 2.75) is 27.3 Å². The van der Waals surface area contributed by atoms with Gasteiger partial charge in [0, 0.05) is 35.8 Å². The van der Waals surface area contributed by atoms with Crippen LogP contribution < -0.4 is 0 Å². The highest BCUT2D eigenvalue weighted by atomic mass is 35.5. The van der Waals surface area contributed by atoms with Crippen molar-refractivity contribution in [2.75, 3.05) is 7.05 Å². The summed E-state index contributed by atoms with van der Waals surface area (Å²) >= 11 is 5.95. The van der Waals surface area contributed by atoms with Crippen LogP contribution in [0.1, 0.15) is 32.9 Å². The van der Waals surface area contributed by atoms with E-state index in [0.29, 0.717) is 17.3 Å². The van der Waals surface area contributed by atoms with Crippen LogP contribution in [0.15, 0.2) is 54.6 Å². The van der Waals surface area contributed by atoms with Gasteiger partial charge in [0.2, 0.25) is 0 Å². The maximum absolute atomic E-state index is 13.1. The number of nitrogens with zero attached hydrogens (tertiary/aromatic N) is 4. The molecule has 4 rings (SSSR count). The topological polar surface area (TPSA) is 51.0 Å². The second kappa shape index (κ2) is 7.92. The van der Waals surface area contributed by atoms with Gasteiger partial charge in [-0.2, -0.15) is 5.10 Å². The average Bonchev–Trinajstić information content (AvgIpc) is 3.01. The summed E-state index contributed by atoms with van der Waals surface area (Å²) in [5, 5.41) is 6.06. The first-order valence-electron chi connectivity index (χ1n) is 9.78. The Morgan fingerprint density at radius 3 is 2.60 bits per heavy atom. The fourth-order valence-electron chi connectivity index (χ4n) is 3.70. The number of amides is 1. The maximum atomic E-state index is 13.1. The molecule has 0 aliphatic rings. The van der Waals surface area contributed by atoms with Gasteiger partial charge in [0.15, 0.2) is 0 Å². The molecule has 1 amide bonds. The summed E-state index contributed by atoms with van der Waals surface area (Å²) in [7, 11) is 1.82. The van der Waals surface area contributed by atoms with Crippen LogP contribution in [-0.2, 0) is 6.54 Å². The zero-order valence-corrected chi connectivity index (χ0v) is 18.2. The van der Waals surface area contributed by atoms with Crippen LogP contribution in [0.25, 0.3) is 16.6 Å². The molecule has 0 radical (unpaired) electrons. The van der Waals surface area contributed by atoms with E-state index < -0.39 is 0 Å². The molecule has 2 aromatic heterocycles. The van der Waals surface area contributed by atoms with E-state index >= 15 is 0 Å². The molecule has 6 heteroatoms. The van der Waals surface area contributed by atoms with Crippen LogP contribution >= 0.6 is 11.6 Å². The number of fused-ring (bicyclic) bond motifs is 1. The van der Waals surface area contributed by atoms with Gasteiger partial charge in [-0.15, -0.1) is 0 Å². The van der Waals surface area contributed by atoms with Crippen LogP contribution in [0.4, 0.5) is 0 Å². The summed E-state index contributed by atoms with van der Waals surface area (Å²) in [4.78, 5) is 19.1. The Morgan fingerprint density at radius 1 is 1.07 bits per heavy atom. The number of aromatic nitrogens is 3. The average molecular weight is 419 g/mol. The second-order valence-corrected chi connectivity index (χ2v) is 7.94. The first-order valence-corrected chi connectivity index (χ1v) is 10.2. The van der Waals surface area contributed by atoms with Crippen molar-refractivity contribution in [3.8, 4) is 5.69 Å². The molecule has 0 unspecified atom stereocenters. The normalized spacial score (nSPS) is 11.1. The third-order valence-electron chi connectivity index (χ3n) is 5.43. The van der Waals surface area contributed by atoms with Crippen LogP contribution in [-0.4, -0.2) is 32.6 Å². The van der Waals surface area contributed by atoms with E-state index in [2.05, 4.69) is 24.0 Å². The fourth-order valence-corrected chi connectivity index (χ4v) is 3.86. The van der Waals surface area contributed by atoms with E-state index in [1.165, 1.54) is 0 Å². The lowest BCUT2D eigenvalue weighted by Crippen LogP contribution is -2.26. The number of hydrogen-bond acceptors (Lipinski definition) is 3. The number of hydrogen-bond donors (Lipinski definition) is 0. The number of carbonyl (C=O) groups is 1. The van der Waals surface area contributed by atoms with E-state index in [1.807, 2.05) is 55.9 Å². The van der Waals surface area contributed by atoms with Gasteiger partial charge in [0.05, 0.1) is 16.9 Å². The molecular formula is C24H23ClN4O. The van der Waals surface area contributed by atoms with Gasteiger partial charge in [0.25, 0.3) is 5.91 Å². The van der Waals surface area contributed by atoms with E-state index in [0.717, 1.165) is 39.1 Å². The quantitative estimate of drug-likeness (QED) is 0.424. The molecule has 4 aromatic rings. The zero-order chi connectivity index (χ0) is 21.4. The minimum atomic E-state index is -0.0470. The highest BCUT2D eigenvalue weighted by Crippen LogP contribution is 2.23. The largest absolute Gasteiger partial charge is 0.337 e. The van der Waals surface area contributed by atoms with Crippen molar-refractivity contribution >= 4 is 28.4 Å². The van der Waals surface area contributed by atoms with Gasteiger partial charge in [-0.25, -0.2) is 9.67 Å². The summed E-state index contributed by atoms with van der Waals surface area (Å²) in [6, 6.07) is 17.2. The van der Waals surface area contributed by atoms with E-state index in [4.69, 9.17) is 16.7 Å². The highest BCUT2D eigenvalue weighted by Gasteiger charge is 2.19. The first-order chi connectivity index (χ1) is 14.3. The molecule has 30 heavy (non-hydrogen) atoms. The lowest BCUT2D eigenvalue weighted by Gasteiger charge is -2.18. The van der Waals surface area contributed by atoms with Gasteiger partial charge in [0.1, 0.15) is 5.15 Å². The molecule has 152 valence electrons. The van der Waals surface area contributed by atoms with Crippen molar-refractivity contribution < 1.29 is 4.79 Å². The smallest absolute Gasteiger partial charge is 0.253 e. The Morgan fingerprint density at radius 2 is 1.83 bits per heavy atom. The van der Waals surface area contributed by atoms with Gasteiger partial charge in [-0.05, 0) is 62.7 Å². The predicted octanol–water partition coefficient (Wildman–Crippen LogP) is 5.27. The third kappa shape index (κ3) is 3.68. The van der Waals surface area contributed by atoms with Crippen LogP contribution in [0, 0.1) is 20.8 Å². The SMILES string of the molecule is Cc1ccccc1-n1nc(C)c(CN(C)C(=O)c2ccc3nc(Cl)ccc3c2)c1C. The third-order valence-corrected chi connectivity index (χ3v) is 5.64. The maximum Gasteiger partial charge on any atom is 0.253 e. The zero-order valence-electron chi connectivity index (χ0n) is 17.5. The van der Waals surface area contributed by atoms with Crippen LogP contribution in [0.5, 0.6) is 0 Å². The fraction of sp³-hybridized carbons (Fsp3) is 0.208. The molecule has 0 fully saturated rings. The minimum absolute atomic E-state index is 0.0470. The number of rotatable bonds is 4. The van der Waals surface area contributed by atoms with E-state index in [9.17, 15) is 4.79 Å². The molecular weight excluding hydrogens is 396 g/mol. The number of halogens is 1. The monoisotopic (exact) mass is 418 g/mol. The van der Waals surface area contributed by atoms with Gasteiger partial charge in [-0.1, -0.05) is 29.8 Å². The summed E-state index contributed by atoms with van der Waals surface area (Å²) < 4.78 is 1.96. The molecule has 0 bridgehead atoms. The first kappa shape index (κ1) is 20.1. The van der Waals surface area contributed by atoms with Crippen LogP contribution in [0.2, 0.25) is 5.15 Å². The molecule has 2 aromatic carbocycles. The van der Waals surface area contributed by atoms with E-state index in [-0.39, 0.29) is 5.91 Å². The molecule has 2 heterocycles. The molecule has 0 spiro atoms. The van der Waals surface area contributed by atoms with Gasteiger partial charge < -0.3 is 4.90 Å². The number of para-hydroxylation sites is 1. The lowest BCUT2D eigenvalue weighted by molar-refractivity contribution is 0.0785. The molecule has 0 aliphatic carbocycles. The standard InChI is InChI=1S/C24H23ClN4O/c1-15-7-5-6-8-22(15)29-17(3)20(16(2)27-29)14-28(4)24(30)19-9-11-21-18(13-19)10-12-23(25)26-21/h5-13H,14H2,1-4H3. The van der Waals surface area contributed by atoms with Gasteiger partial charge in [-0.3, -0.25) is 4.79 Å². The Balaban J connectivity index is 1.61. The number of carbonyl (C=O) groups excluding carboxylic acids is 1. The van der Waals surface area contributed by atoms with Crippen molar-refractivity contribution in [1.29, 1.82) is 0 Å². The molecule has 0 saturated heterocycles. The Bertz CT molecular complexity index is 1260. The lowest BCUT2D eigenvalue weighted by atomic mass is 10.1. The van der Waals surface area contributed by atoms with Crippen molar-refractivity contribution in [1.82, 2.24) is 19.7 Å². The van der Waals surface area contributed by atoms with Crippen molar-refractivity contribution in [3.63, 3.8) is 0 Å². The number of benzene rings is 2. The van der Waals surface area contributed by atoms with Crippen molar-refractivity contribution in [2.24, 2.45) is 0 Å². The molecule has 0 atom stereocenters. The van der Waals surface area contributed by atoms with E-state index in [1.54, 1.807) is 17.0 Å². The Kier molecular flexibility index (Phi) is 5.31.